The van der Waals surface area contributed by atoms with Crippen LogP contribution in [0.2, 0.25) is 0 Å². The lowest BCUT2D eigenvalue weighted by atomic mass is 10.1. The van der Waals surface area contributed by atoms with Crippen LogP contribution in [0.1, 0.15) is 28.3 Å². The van der Waals surface area contributed by atoms with Gasteiger partial charge in [0.05, 0.1) is 0 Å². The highest BCUT2D eigenvalue weighted by molar-refractivity contribution is 5.96. The lowest BCUT2D eigenvalue weighted by Crippen LogP contribution is -2.36. The Morgan fingerprint density at radius 1 is 1.38 bits per heavy atom. The van der Waals surface area contributed by atoms with Gasteiger partial charge in [-0.15, -0.1) is 0 Å². The van der Waals surface area contributed by atoms with Gasteiger partial charge in [-0.3, -0.25) is 4.79 Å². The van der Waals surface area contributed by atoms with Gasteiger partial charge in [0.1, 0.15) is 17.3 Å². The van der Waals surface area contributed by atoms with E-state index in [1.54, 1.807) is 0 Å². The predicted molar refractivity (Wildman–Crippen MR) is 81.7 cm³/mol. The van der Waals surface area contributed by atoms with E-state index < -0.39 is 0 Å². The molecule has 0 bridgehead atoms. The summed E-state index contributed by atoms with van der Waals surface area (Å²) in [5.74, 6) is 2.26. The minimum Gasteiger partial charge on any atom is -0.356 e. The fourth-order valence-electron chi connectivity index (χ4n) is 3.34. The molecule has 114 valence electrons. The van der Waals surface area contributed by atoms with Gasteiger partial charge >= 0.3 is 0 Å². The molecular weight excluding hydrogens is 266 g/mol. The highest BCUT2D eigenvalue weighted by Gasteiger charge is 2.29. The Morgan fingerprint density at radius 2 is 2.19 bits per heavy atom. The van der Waals surface area contributed by atoms with Crippen molar-refractivity contribution in [2.75, 3.05) is 45.2 Å². The Kier molecular flexibility index (Phi) is 3.80. The highest BCUT2D eigenvalue weighted by Crippen LogP contribution is 2.28. The van der Waals surface area contributed by atoms with E-state index in [4.69, 9.17) is 0 Å². The number of nitrogens with zero attached hydrogens (tertiary/aromatic N) is 4. The largest absolute Gasteiger partial charge is 0.356 e. The molecule has 0 aliphatic carbocycles. The Labute approximate surface area is 125 Å². The lowest BCUT2D eigenvalue weighted by Gasteiger charge is -2.25. The van der Waals surface area contributed by atoms with Crippen LogP contribution in [-0.4, -0.2) is 61.0 Å². The van der Waals surface area contributed by atoms with Crippen LogP contribution in [0.5, 0.6) is 0 Å². The fourth-order valence-corrected chi connectivity index (χ4v) is 3.34. The number of carbonyl (C=O) groups excluding carboxylic acids is 1. The first-order valence-electron chi connectivity index (χ1n) is 7.60. The van der Waals surface area contributed by atoms with Gasteiger partial charge in [-0.05, 0) is 39.8 Å². The summed E-state index contributed by atoms with van der Waals surface area (Å²) in [4.78, 5) is 25.5. The van der Waals surface area contributed by atoms with E-state index >= 15 is 0 Å². The summed E-state index contributed by atoms with van der Waals surface area (Å²) in [6, 6.07) is 0. The second kappa shape index (κ2) is 5.60. The van der Waals surface area contributed by atoms with Crippen molar-refractivity contribution in [3.63, 3.8) is 0 Å². The molecule has 6 heteroatoms. The molecule has 6 nitrogen and oxygen atoms in total. The van der Waals surface area contributed by atoms with E-state index in [1.165, 1.54) is 6.42 Å². The second-order valence-electron chi connectivity index (χ2n) is 6.29. The molecule has 1 amide bonds. The number of hydrogen-bond donors (Lipinski definition) is 1. The van der Waals surface area contributed by atoms with Crippen LogP contribution < -0.4 is 10.2 Å². The number of anilines is 1. The van der Waals surface area contributed by atoms with Crippen molar-refractivity contribution in [3.05, 3.63) is 17.1 Å². The molecule has 1 saturated heterocycles. The van der Waals surface area contributed by atoms with Crippen LogP contribution in [0.15, 0.2) is 0 Å². The summed E-state index contributed by atoms with van der Waals surface area (Å²) >= 11 is 0. The molecule has 1 N–H and O–H groups in total. The van der Waals surface area contributed by atoms with Gasteiger partial charge in [-0.25, -0.2) is 9.97 Å². The van der Waals surface area contributed by atoms with Crippen LogP contribution in [0.25, 0.3) is 0 Å². The van der Waals surface area contributed by atoms with E-state index in [-0.39, 0.29) is 5.91 Å². The number of nitrogens with one attached hydrogen (secondary N) is 1. The first-order chi connectivity index (χ1) is 10.0. The summed E-state index contributed by atoms with van der Waals surface area (Å²) in [5.41, 5.74) is 1.59. The average molecular weight is 289 g/mol. The number of amides is 1. The Morgan fingerprint density at radius 3 is 2.95 bits per heavy atom. The van der Waals surface area contributed by atoms with E-state index in [1.807, 2.05) is 6.92 Å². The number of rotatable bonds is 3. The van der Waals surface area contributed by atoms with Crippen molar-refractivity contribution in [1.82, 2.24) is 20.2 Å². The summed E-state index contributed by atoms with van der Waals surface area (Å²) in [5, 5.41) is 2.86. The smallest absolute Gasteiger partial charge is 0.270 e. The van der Waals surface area contributed by atoms with E-state index in [9.17, 15) is 4.79 Å². The van der Waals surface area contributed by atoms with Crippen LogP contribution >= 0.6 is 0 Å². The summed E-state index contributed by atoms with van der Waals surface area (Å²) in [7, 11) is 4.23. The Balaban J connectivity index is 1.88. The second-order valence-corrected chi connectivity index (χ2v) is 6.29. The number of aryl methyl sites for hydroxylation is 1. The first kappa shape index (κ1) is 14.3. The van der Waals surface area contributed by atoms with Crippen molar-refractivity contribution in [1.29, 1.82) is 0 Å². The number of fused-ring (bicyclic) bond motifs is 1. The summed E-state index contributed by atoms with van der Waals surface area (Å²) in [6.07, 6.45) is 2.01. The van der Waals surface area contributed by atoms with Gasteiger partial charge in [0.2, 0.25) is 0 Å². The van der Waals surface area contributed by atoms with Crippen molar-refractivity contribution in [3.8, 4) is 0 Å². The third-order valence-electron chi connectivity index (χ3n) is 4.18. The van der Waals surface area contributed by atoms with Gasteiger partial charge < -0.3 is 15.1 Å². The zero-order chi connectivity index (χ0) is 15.0. The predicted octanol–water partition coefficient (Wildman–Crippen LogP) is 0.459. The Bertz CT molecular complexity index is 557. The quantitative estimate of drug-likeness (QED) is 0.876. The van der Waals surface area contributed by atoms with Crippen LogP contribution in [-0.2, 0) is 6.42 Å². The van der Waals surface area contributed by atoms with Crippen LogP contribution in [0.3, 0.4) is 0 Å². The van der Waals surface area contributed by atoms with Gasteiger partial charge in [0.15, 0.2) is 0 Å². The average Bonchev–Trinajstić information content (AvgIpc) is 2.86. The minimum absolute atomic E-state index is 0.0629. The third kappa shape index (κ3) is 2.85. The Hall–Kier alpha value is -1.69. The topological polar surface area (TPSA) is 61.4 Å². The van der Waals surface area contributed by atoms with Gasteiger partial charge in [-0.1, -0.05) is 0 Å². The maximum Gasteiger partial charge on any atom is 0.270 e. The van der Waals surface area contributed by atoms with E-state index in [0.717, 1.165) is 37.4 Å². The molecule has 1 unspecified atom stereocenters. The van der Waals surface area contributed by atoms with Gasteiger partial charge in [0.25, 0.3) is 5.91 Å². The number of hydrogen-bond acceptors (Lipinski definition) is 5. The van der Waals surface area contributed by atoms with Gasteiger partial charge in [-0.2, -0.15) is 0 Å². The molecule has 2 aliphatic heterocycles. The molecule has 0 radical (unpaired) electrons. The molecule has 1 atom stereocenters. The molecule has 0 saturated carbocycles. The molecule has 2 aliphatic rings. The first-order valence-corrected chi connectivity index (χ1v) is 7.60. The molecule has 0 aromatic carbocycles. The van der Waals surface area contributed by atoms with E-state index in [0.29, 0.717) is 24.0 Å². The molecule has 21 heavy (non-hydrogen) atoms. The molecular formula is C15H23N5O. The zero-order valence-electron chi connectivity index (χ0n) is 13.0. The van der Waals surface area contributed by atoms with Crippen molar-refractivity contribution < 1.29 is 4.79 Å². The maximum absolute atomic E-state index is 12.0. The van der Waals surface area contributed by atoms with Crippen molar-refractivity contribution in [2.24, 2.45) is 5.92 Å². The van der Waals surface area contributed by atoms with Gasteiger partial charge in [0, 0.05) is 31.7 Å². The zero-order valence-corrected chi connectivity index (χ0v) is 13.0. The fraction of sp³-hybridized carbons (Fsp3) is 0.667. The van der Waals surface area contributed by atoms with E-state index in [2.05, 4.69) is 39.2 Å². The lowest BCUT2D eigenvalue weighted by molar-refractivity contribution is 0.0940. The number of aromatic nitrogens is 2. The maximum atomic E-state index is 12.0. The van der Waals surface area contributed by atoms with Crippen LogP contribution in [0.4, 0.5) is 5.82 Å². The molecule has 0 spiro atoms. The van der Waals surface area contributed by atoms with Crippen molar-refractivity contribution >= 4 is 11.7 Å². The molecule has 3 heterocycles. The minimum atomic E-state index is -0.0629. The standard InChI is InChI=1S/C15H23N5O/c1-10-17-13-12(4-6-16-15(13)21)14(18-10)20-7-5-11(9-20)8-19(2)3/h11H,4-9H2,1-3H3,(H,16,21). The monoisotopic (exact) mass is 289 g/mol. The third-order valence-corrected chi connectivity index (χ3v) is 4.18. The molecule has 1 aromatic heterocycles. The summed E-state index contributed by atoms with van der Waals surface area (Å²) < 4.78 is 0. The molecule has 3 rings (SSSR count). The molecule has 1 aromatic rings. The molecule has 1 fully saturated rings. The highest BCUT2D eigenvalue weighted by atomic mass is 16.1. The summed E-state index contributed by atoms with van der Waals surface area (Å²) in [6.45, 7) is 5.67. The SMILES string of the molecule is Cc1nc2c(c(N3CCC(CN(C)C)C3)n1)CCNC2=O. The van der Waals surface area contributed by atoms with Crippen molar-refractivity contribution in [2.45, 2.75) is 19.8 Å². The number of carbonyl (C=O) groups is 1. The normalized spacial score (nSPS) is 21.6. The van der Waals surface area contributed by atoms with Crippen LogP contribution in [0, 0.1) is 12.8 Å².